The third-order valence-electron chi connectivity index (χ3n) is 2.76. The van der Waals surface area contributed by atoms with Crippen molar-refractivity contribution in [1.29, 1.82) is 0 Å². The molecule has 2 rings (SSSR count). The van der Waals surface area contributed by atoms with Crippen molar-refractivity contribution >= 4 is 5.69 Å². The largest absolute Gasteiger partial charge is 0.488 e. The molecule has 0 radical (unpaired) electrons. The fourth-order valence-corrected chi connectivity index (χ4v) is 1.80. The molecule has 1 aromatic carbocycles. The third-order valence-corrected chi connectivity index (χ3v) is 2.76. The molecule has 1 aromatic rings. The number of hydrogen-bond donors (Lipinski definition) is 1. The van der Waals surface area contributed by atoms with Crippen LogP contribution < -0.4 is 10.5 Å². The van der Waals surface area contributed by atoms with Crippen molar-refractivity contribution in [1.82, 2.24) is 0 Å². The Kier molecular flexibility index (Phi) is 2.82. The molecular formula is C12H17NO2. The van der Waals surface area contributed by atoms with Gasteiger partial charge in [-0.3, -0.25) is 0 Å². The molecule has 1 saturated heterocycles. The highest BCUT2D eigenvalue weighted by Crippen LogP contribution is 2.25. The minimum Gasteiger partial charge on any atom is -0.488 e. The van der Waals surface area contributed by atoms with Crippen LogP contribution in [-0.4, -0.2) is 19.3 Å². The van der Waals surface area contributed by atoms with Gasteiger partial charge in [0.2, 0.25) is 0 Å². The van der Waals surface area contributed by atoms with E-state index >= 15 is 0 Å². The SMILES string of the molecule is Cc1cc(O[C@@H]2CCOC2)cc(C)c1N. The summed E-state index contributed by atoms with van der Waals surface area (Å²) in [7, 11) is 0. The van der Waals surface area contributed by atoms with Crippen LogP contribution in [0.2, 0.25) is 0 Å². The quantitative estimate of drug-likeness (QED) is 0.755. The molecule has 82 valence electrons. The zero-order valence-electron chi connectivity index (χ0n) is 9.25. The molecule has 15 heavy (non-hydrogen) atoms. The molecule has 0 bridgehead atoms. The van der Waals surface area contributed by atoms with Crippen molar-refractivity contribution in [2.75, 3.05) is 18.9 Å². The van der Waals surface area contributed by atoms with Crippen molar-refractivity contribution in [2.45, 2.75) is 26.4 Å². The van der Waals surface area contributed by atoms with Crippen LogP contribution in [-0.2, 0) is 4.74 Å². The molecule has 3 nitrogen and oxygen atoms in total. The third kappa shape index (κ3) is 2.23. The van der Waals surface area contributed by atoms with E-state index in [1.807, 2.05) is 26.0 Å². The van der Waals surface area contributed by atoms with Crippen molar-refractivity contribution in [2.24, 2.45) is 0 Å². The molecule has 1 aliphatic rings. The normalized spacial score (nSPS) is 20.5. The molecule has 0 saturated carbocycles. The van der Waals surface area contributed by atoms with Crippen molar-refractivity contribution in [3.05, 3.63) is 23.3 Å². The Labute approximate surface area is 90.2 Å². The number of benzene rings is 1. The summed E-state index contributed by atoms with van der Waals surface area (Å²) < 4.78 is 11.1. The summed E-state index contributed by atoms with van der Waals surface area (Å²) in [6.07, 6.45) is 1.18. The first-order valence-electron chi connectivity index (χ1n) is 5.28. The number of aryl methyl sites for hydroxylation is 2. The van der Waals surface area contributed by atoms with Crippen LogP contribution in [0.15, 0.2) is 12.1 Å². The Hall–Kier alpha value is -1.22. The van der Waals surface area contributed by atoms with Crippen LogP contribution >= 0.6 is 0 Å². The summed E-state index contributed by atoms with van der Waals surface area (Å²) in [5, 5.41) is 0. The average molecular weight is 207 g/mol. The fourth-order valence-electron chi connectivity index (χ4n) is 1.80. The Morgan fingerprint density at radius 2 is 2.00 bits per heavy atom. The summed E-state index contributed by atoms with van der Waals surface area (Å²) in [5.74, 6) is 0.898. The summed E-state index contributed by atoms with van der Waals surface area (Å²) >= 11 is 0. The predicted molar refractivity (Wildman–Crippen MR) is 60.2 cm³/mol. The summed E-state index contributed by atoms with van der Waals surface area (Å²) in [4.78, 5) is 0. The van der Waals surface area contributed by atoms with Gasteiger partial charge in [0.1, 0.15) is 11.9 Å². The molecule has 0 amide bonds. The number of anilines is 1. The van der Waals surface area contributed by atoms with Gasteiger partial charge in [-0.25, -0.2) is 0 Å². The standard InChI is InChI=1S/C12H17NO2/c1-8-5-11(6-9(2)12(8)13)15-10-3-4-14-7-10/h5-6,10H,3-4,7,13H2,1-2H3/t10-/m1/s1. The molecule has 0 unspecified atom stereocenters. The molecule has 3 heteroatoms. The average Bonchev–Trinajstić information content (AvgIpc) is 2.66. The Morgan fingerprint density at radius 1 is 1.33 bits per heavy atom. The van der Waals surface area contributed by atoms with E-state index in [9.17, 15) is 0 Å². The lowest BCUT2D eigenvalue weighted by molar-refractivity contribution is 0.141. The first-order chi connectivity index (χ1) is 7.16. The van der Waals surface area contributed by atoms with Crippen LogP contribution in [0.1, 0.15) is 17.5 Å². The van der Waals surface area contributed by atoms with Crippen LogP contribution in [0.3, 0.4) is 0 Å². The van der Waals surface area contributed by atoms with E-state index in [1.165, 1.54) is 0 Å². The van der Waals surface area contributed by atoms with E-state index in [1.54, 1.807) is 0 Å². The maximum Gasteiger partial charge on any atom is 0.124 e. The van der Waals surface area contributed by atoms with E-state index in [0.29, 0.717) is 6.61 Å². The number of hydrogen-bond acceptors (Lipinski definition) is 3. The zero-order valence-corrected chi connectivity index (χ0v) is 9.25. The van der Waals surface area contributed by atoms with Gasteiger partial charge < -0.3 is 15.2 Å². The zero-order chi connectivity index (χ0) is 10.8. The molecular weight excluding hydrogens is 190 g/mol. The lowest BCUT2D eigenvalue weighted by atomic mass is 10.1. The highest BCUT2D eigenvalue weighted by atomic mass is 16.5. The molecule has 1 heterocycles. The predicted octanol–water partition coefficient (Wildman–Crippen LogP) is 2.05. The van der Waals surface area contributed by atoms with Gasteiger partial charge in [0.15, 0.2) is 0 Å². The van der Waals surface area contributed by atoms with Crippen LogP contribution in [0.4, 0.5) is 5.69 Å². The number of nitrogen functional groups attached to an aromatic ring is 1. The van der Waals surface area contributed by atoms with Crippen LogP contribution in [0, 0.1) is 13.8 Å². The first kappa shape index (κ1) is 10.3. The van der Waals surface area contributed by atoms with Crippen molar-refractivity contribution < 1.29 is 9.47 Å². The second-order valence-electron chi connectivity index (χ2n) is 4.07. The smallest absolute Gasteiger partial charge is 0.124 e. The topological polar surface area (TPSA) is 44.5 Å². The molecule has 0 aromatic heterocycles. The van der Waals surface area contributed by atoms with E-state index in [-0.39, 0.29) is 6.10 Å². The van der Waals surface area contributed by atoms with Gasteiger partial charge in [-0.15, -0.1) is 0 Å². The molecule has 0 spiro atoms. The number of nitrogens with two attached hydrogens (primary N) is 1. The fraction of sp³-hybridized carbons (Fsp3) is 0.500. The van der Waals surface area contributed by atoms with Crippen molar-refractivity contribution in [3.8, 4) is 5.75 Å². The van der Waals surface area contributed by atoms with E-state index in [0.717, 1.165) is 35.6 Å². The number of ether oxygens (including phenoxy) is 2. The summed E-state index contributed by atoms with van der Waals surface area (Å²) in [5.41, 5.74) is 8.88. The van der Waals surface area contributed by atoms with Crippen LogP contribution in [0.25, 0.3) is 0 Å². The second kappa shape index (κ2) is 4.11. The minimum atomic E-state index is 0.201. The Balaban J connectivity index is 2.14. The van der Waals surface area contributed by atoms with Gasteiger partial charge in [-0.2, -0.15) is 0 Å². The summed E-state index contributed by atoms with van der Waals surface area (Å²) in [6.45, 7) is 5.50. The molecule has 1 atom stereocenters. The highest BCUT2D eigenvalue weighted by molar-refractivity contribution is 5.56. The van der Waals surface area contributed by atoms with Gasteiger partial charge >= 0.3 is 0 Å². The Morgan fingerprint density at radius 3 is 2.53 bits per heavy atom. The maximum atomic E-state index is 5.88. The van der Waals surface area contributed by atoms with Gasteiger partial charge in [0.05, 0.1) is 13.2 Å². The lowest BCUT2D eigenvalue weighted by Gasteiger charge is -2.14. The lowest BCUT2D eigenvalue weighted by Crippen LogP contribution is -2.15. The van der Waals surface area contributed by atoms with Gasteiger partial charge in [-0.1, -0.05) is 0 Å². The van der Waals surface area contributed by atoms with Gasteiger partial charge in [-0.05, 0) is 37.1 Å². The van der Waals surface area contributed by atoms with Crippen molar-refractivity contribution in [3.63, 3.8) is 0 Å². The van der Waals surface area contributed by atoms with Gasteiger partial charge in [0, 0.05) is 12.1 Å². The number of rotatable bonds is 2. The van der Waals surface area contributed by atoms with E-state index in [2.05, 4.69) is 0 Å². The van der Waals surface area contributed by atoms with Crippen LogP contribution in [0.5, 0.6) is 5.75 Å². The summed E-state index contributed by atoms with van der Waals surface area (Å²) in [6, 6.07) is 3.97. The molecule has 1 aliphatic heterocycles. The maximum absolute atomic E-state index is 5.88. The minimum absolute atomic E-state index is 0.201. The van der Waals surface area contributed by atoms with E-state index in [4.69, 9.17) is 15.2 Å². The van der Waals surface area contributed by atoms with E-state index < -0.39 is 0 Å². The second-order valence-corrected chi connectivity index (χ2v) is 4.07. The molecule has 0 aliphatic carbocycles. The first-order valence-corrected chi connectivity index (χ1v) is 5.28. The monoisotopic (exact) mass is 207 g/mol. The molecule has 2 N–H and O–H groups in total. The van der Waals surface area contributed by atoms with Gasteiger partial charge in [0.25, 0.3) is 0 Å². The molecule has 1 fully saturated rings. The Bertz CT molecular complexity index is 334. The highest BCUT2D eigenvalue weighted by Gasteiger charge is 2.17.